The molecule has 0 aromatic carbocycles. The molecule has 1 saturated carbocycles. The monoisotopic (exact) mass is 197 g/mol. The van der Waals surface area contributed by atoms with Crippen LogP contribution in [0.15, 0.2) is 6.20 Å². The summed E-state index contributed by atoms with van der Waals surface area (Å²) in [5.41, 5.74) is 5.55. The van der Waals surface area contributed by atoms with Crippen molar-refractivity contribution in [3.05, 3.63) is 11.1 Å². The summed E-state index contributed by atoms with van der Waals surface area (Å²) in [5, 5.41) is 1.14. The van der Waals surface area contributed by atoms with E-state index >= 15 is 0 Å². The van der Waals surface area contributed by atoms with Gasteiger partial charge >= 0.3 is 0 Å². The van der Waals surface area contributed by atoms with Crippen LogP contribution in [-0.2, 0) is 6.54 Å². The molecule has 2 rings (SSSR count). The minimum Gasteiger partial charge on any atom is -0.345 e. The standard InChI is InChI=1S/C9H15N3S/c1-2-12(7-3-4-7)9-11-6-8(5-10)13-9/h6-7H,2-5,10H2,1H3. The molecule has 1 aromatic heterocycles. The first-order valence-corrected chi connectivity index (χ1v) is 5.58. The molecular weight excluding hydrogens is 182 g/mol. The molecule has 0 atom stereocenters. The normalized spacial score (nSPS) is 16.2. The molecular formula is C9H15N3S. The zero-order valence-corrected chi connectivity index (χ0v) is 8.68. The van der Waals surface area contributed by atoms with Crippen molar-refractivity contribution >= 4 is 16.5 Å². The summed E-state index contributed by atoms with van der Waals surface area (Å²) in [4.78, 5) is 7.94. The van der Waals surface area contributed by atoms with Crippen LogP contribution >= 0.6 is 11.3 Å². The van der Waals surface area contributed by atoms with Crippen molar-refractivity contribution in [3.63, 3.8) is 0 Å². The summed E-state index contributed by atoms with van der Waals surface area (Å²) in [7, 11) is 0. The molecule has 2 N–H and O–H groups in total. The van der Waals surface area contributed by atoms with E-state index in [9.17, 15) is 0 Å². The fraction of sp³-hybridized carbons (Fsp3) is 0.667. The lowest BCUT2D eigenvalue weighted by Crippen LogP contribution is -2.24. The largest absolute Gasteiger partial charge is 0.345 e. The van der Waals surface area contributed by atoms with Gasteiger partial charge in [0.2, 0.25) is 0 Å². The van der Waals surface area contributed by atoms with Crippen LogP contribution in [-0.4, -0.2) is 17.6 Å². The fourth-order valence-corrected chi connectivity index (χ4v) is 2.38. The third kappa shape index (κ3) is 1.84. The van der Waals surface area contributed by atoms with Crippen molar-refractivity contribution in [2.75, 3.05) is 11.4 Å². The first-order chi connectivity index (χ1) is 6.35. The molecule has 1 aliphatic rings. The van der Waals surface area contributed by atoms with Crippen molar-refractivity contribution in [3.8, 4) is 0 Å². The van der Waals surface area contributed by atoms with E-state index in [1.54, 1.807) is 11.3 Å². The number of anilines is 1. The predicted octanol–water partition coefficient (Wildman–Crippen LogP) is 1.59. The molecule has 0 spiro atoms. The lowest BCUT2D eigenvalue weighted by atomic mass is 10.5. The van der Waals surface area contributed by atoms with Gasteiger partial charge in [-0.1, -0.05) is 0 Å². The Balaban J connectivity index is 2.12. The molecule has 1 aliphatic carbocycles. The Morgan fingerprint density at radius 1 is 1.69 bits per heavy atom. The van der Waals surface area contributed by atoms with Gasteiger partial charge in [0.25, 0.3) is 0 Å². The van der Waals surface area contributed by atoms with Crippen molar-refractivity contribution in [2.45, 2.75) is 32.4 Å². The maximum atomic E-state index is 5.55. The first kappa shape index (κ1) is 8.97. The zero-order chi connectivity index (χ0) is 9.26. The highest BCUT2D eigenvalue weighted by Crippen LogP contribution is 2.33. The van der Waals surface area contributed by atoms with E-state index in [0.29, 0.717) is 6.54 Å². The molecule has 4 heteroatoms. The predicted molar refractivity (Wildman–Crippen MR) is 56.0 cm³/mol. The van der Waals surface area contributed by atoms with Crippen molar-refractivity contribution in [1.29, 1.82) is 0 Å². The quantitative estimate of drug-likeness (QED) is 0.797. The maximum Gasteiger partial charge on any atom is 0.185 e. The maximum absolute atomic E-state index is 5.55. The lowest BCUT2D eigenvalue weighted by Gasteiger charge is -2.18. The minimum atomic E-state index is 0.611. The summed E-state index contributed by atoms with van der Waals surface area (Å²) in [5.74, 6) is 0. The fourth-order valence-electron chi connectivity index (χ4n) is 1.46. The second kappa shape index (κ2) is 3.64. The van der Waals surface area contributed by atoms with Gasteiger partial charge in [-0.25, -0.2) is 4.98 Å². The van der Waals surface area contributed by atoms with E-state index in [0.717, 1.165) is 17.7 Å². The van der Waals surface area contributed by atoms with Gasteiger partial charge in [-0.15, -0.1) is 11.3 Å². The smallest absolute Gasteiger partial charge is 0.185 e. The third-order valence-corrected chi connectivity index (χ3v) is 3.37. The molecule has 3 nitrogen and oxygen atoms in total. The number of aromatic nitrogens is 1. The van der Waals surface area contributed by atoms with Gasteiger partial charge in [-0.2, -0.15) is 0 Å². The summed E-state index contributed by atoms with van der Waals surface area (Å²) >= 11 is 1.72. The zero-order valence-electron chi connectivity index (χ0n) is 7.86. The Hall–Kier alpha value is -0.610. The third-order valence-electron chi connectivity index (χ3n) is 2.32. The van der Waals surface area contributed by atoms with E-state index in [1.807, 2.05) is 6.20 Å². The molecule has 1 fully saturated rings. The topological polar surface area (TPSA) is 42.2 Å². The molecule has 0 aliphatic heterocycles. The molecule has 0 radical (unpaired) electrons. The van der Waals surface area contributed by atoms with Crippen LogP contribution in [0.1, 0.15) is 24.6 Å². The van der Waals surface area contributed by atoms with Crippen molar-refractivity contribution in [1.82, 2.24) is 4.98 Å². The van der Waals surface area contributed by atoms with Crippen LogP contribution in [0.3, 0.4) is 0 Å². The van der Waals surface area contributed by atoms with E-state index in [1.165, 1.54) is 17.7 Å². The summed E-state index contributed by atoms with van der Waals surface area (Å²) in [6.07, 6.45) is 4.54. The Bertz CT molecular complexity index is 280. The highest BCUT2D eigenvalue weighted by molar-refractivity contribution is 7.15. The number of hydrogen-bond donors (Lipinski definition) is 1. The average molecular weight is 197 g/mol. The SMILES string of the molecule is CCN(c1ncc(CN)s1)C1CC1. The van der Waals surface area contributed by atoms with E-state index in [-0.39, 0.29) is 0 Å². The Morgan fingerprint density at radius 3 is 2.92 bits per heavy atom. The summed E-state index contributed by atoms with van der Waals surface area (Å²) in [6, 6.07) is 0.752. The number of thiazole rings is 1. The van der Waals surface area contributed by atoms with Gasteiger partial charge < -0.3 is 10.6 Å². The van der Waals surface area contributed by atoms with Crippen molar-refractivity contribution < 1.29 is 0 Å². The Kier molecular flexibility index (Phi) is 2.51. The average Bonchev–Trinajstić information content (AvgIpc) is 2.85. The summed E-state index contributed by atoms with van der Waals surface area (Å²) in [6.45, 7) is 3.85. The van der Waals surface area contributed by atoms with E-state index in [4.69, 9.17) is 5.73 Å². The van der Waals surface area contributed by atoms with Gasteiger partial charge in [0.05, 0.1) is 0 Å². The van der Waals surface area contributed by atoms with Gasteiger partial charge in [-0.05, 0) is 19.8 Å². The van der Waals surface area contributed by atoms with E-state index in [2.05, 4.69) is 16.8 Å². The summed E-state index contributed by atoms with van der Waals surface area (Å²) < 4.78 is 0. The van der Waals surface area contributed by atoms with E-state index < -0.39 is 0 Å². The second-order valence-corrected chi connectivity index (χ2v) is 4.42. The molecule has 0 saturated heterocycles. The lowest BCUT2D eigenvalue weighted by molar-refractivity contribution is 0.821. The van der Waals surface area contributed by atoms with Gasteiger partial charge in [0, 0.05) is 30.2 Å². The molecule has 0 amide bonds. The molecule has 1 heterocycles. The molecule has 72 valence electrons. The van der Waals surface area contributed by atoms with Crippen LogP contribution in [0.5, 0.6) is 0 Å². The van der Waals surface area contributed by atoms with Crippen LogP contribution in [0.2, 0.25) is 0 Å². The number of rotatable bonds is 4. The first-order valence-electron chi connectivity index (χ1n) is 4.76. The Labute approximate surface area is 82.6 Å². The van der Waals surface area contributed by atoms with Crippen LogP contribution in [0, 0.1) is 0 Å². The highest BCUT2D eigenvalue weighted by Gasteiger charge is 2.29. The number of nitrogens with two attached hydrogens (primary N) is 1. The Morgan fingerprint density at radius 2 is 2.46 bits per heavy atom. The van der Waals surface area contributed by atoms with Gasteiger partial charge in [0.1, 0.15) is 0 Å². The minimum absolute atomic E-state index is 0.611. The highest BCUT2D eigenvalue weighted by atomic mass is 32.1. The van der Waals surface area contributed by atoms with Crippen LogP contribution in [0.25, 0.3) is 0 Å². The van der Waals surface area contributed by atoms with Crippen molar-refractivity contribution in [2.24, 2.45) is 5.73 Å². The van der Waals surface area contributed by atoms with Gasteiger partial charge in [-0.3, -0.25) is 0 Å². The number of nitrogens with zero attached hydrogens (tertiary/aromatic N) is 2. The molecule has 1 aromatic rings. The van der Waals surface area contributed by atoms with Crippen LogP contribution < -0.4 is 10.6 Å². The second-order valence-electron chi connectivity index (χ2n) is 3.33. The molecule has 0 bridgehead atoms. The van der Waals surface area contributed by atoms with Gasteiger partial charge in [0.15, 0.2) is 5.13 Å². The molecule has 13 heavy (non-hydrogen) atoms. The number of hydrogen-bond acceptors (Lipinski definition) is 4. The van der Waals surface area contributed by atoms with Crippen LogP contribution in [0.4, 0.5) is 5.13 Å². The molecule has 0 unspecified atom stereocenters.